The van der Waals surface area contributed by atoms with Crippen LogP contribution in [0.1, 0.15) is 19.8 Å². The van der Waals surface area contributed by atoms with Crippen LogP contribution < -0.4 is 0 Å². The van der Waals surface area contributed by atoms with Crippen LogP contribution in [0, 0.1) is 0 Å². The van der Waals surface area contributed by atoms with E-state index in [-0.39, 0.29) is 11.5 Å². The highest BCUT2D eigenvalue weighted by Crippen LogP contribution is 2.25. The molecule has 0 fully saturated rings. The van der Waals surface area contributed by atoms with Gasteiger partial charge in [-0.2, -0.15) is 21.6 Å². The average Bonchev–Trinajstić information content (AvgIpc) is 2.47. The Balaban J connectivity index is 3.18. The van der Waals surface area contributed by atoms with Crippen molar-refractivity contribution in [3.05, 3.63) is 0 Å². The highest BCUT2D eigenvalue weighted by molar-refractivity contribution is 8.49. The molecule has 1 aliphatic rings. The summed E-state index contributed by atoms with van der Waals surface area (Å²) in [6.07, 6.45) is -4.00. The van der Waals surface area contributed by atoms with Crippen molar-refractivity contribution in [2.45, 2.75) is 25.9 Å². The number of halogens is 3. The molecular formula is C6H7F3N2O2S2. The largest absolute Gasteiger partial charge is 0.442 e. The van der Waals surface area contributed by atoms with E-state index in [0.717, 1.165) is 0 Å². The Morgan fingerprint density at radius 2 is 1.93 bits per heavy atom. The van der Waals surface area contributed by atoms with Gasteiger partial charge in [-0.05, 0) is 12.8 Å². The molecular weight excluding hydrogens is 253 g/mol. The maximum absolute atomic E-state index is 12.3. The van der Waals surface area contributed by atoms with E-state index in [9.17, 15) is 21.6 Å². The Morgan fingerprint density at radius 3 is 2.33 bits per heavy atom. The predicted molar refractivity (Wildman–Crippen MR) is 52.1 cm³/mol. The Hall–Kier alpha value is -0.700. The van der Waals surface area contributed by atoms with E-state index in [4.69, 9.17) is 0 Å². The van der Waals surface area contributed by atoms with Crippen LogP contribution in [0.25, 0.3) is 0 Å². The maximum Gasteiger partial charge on any atom is 0.442 e. The molecule has 1 heterocycles. The second kappa shape index (κ2) is 4.44. The maximum atomic E-state index is 12.3. The molecule has 1 atom stereocenters. The second-order valence-corrected chi connectivity index (χ2v) is 6.24. The molecule has 0 aromatic heterocycles. The van der Waals surface area contributed by atoms with Crippen LogP contribution in [0.3, 0.4) is 0 Å². The summed E-state index contributed by atoms with van der Waals surface area (Å²) in [7, 11) is -4.89. The summed E-state index contributed by atoms with van der Waals surface area (Å²) in [5, 5.41) is 4.85. The fourth-order valence-electron chi connectivity index (χ4n) is 0.948. The van der Waals surface area contributed by atoms with Crippen molar-refractivity contribution in [2.75, 3.05) is 0 Å². The molecule has 1 aliphatic heterocycles. The number of rotatable bonds is 2. The zero-order chi connectivity index (χ0) is 11.6. The van der Waals surface area contributed by atoms with Gasteiger partial charge in [-0.15, -0.1) is 10.2 Å². The van der Waals surface area contributed by atoms with E-state index in [1.807, 2.05) is 0 Å². The van der Waals surface area contributed by atoms with E-state index in [0.29, 0.717) is 6.42 Å². The smallest absolute Gasteiger partial charge is 0.177 e. The first-order valence-electron chi connectivity index (χ1n) is 3.93. The first-order chi connectivity index (χ1) is 6.88. The molecule has 0 radical (unpaired) electrons. The number of nitrogens with zero attached hydrogens (tertiary/aromatic N) is 2. The molecule has 0 saturated carbocycles. The molecule has 0 N–H and O–H groups in total. The van der Waals surface area contributed by atoms with Crippen molar-refractivity contribution in [3.63, 3.8) is 0 Å². The van der Waals surface area contributed by atoms with Gasteiger partial charge in [-0.3, -0.25) is 0 Å². The van der Waals surface area contributed by atoms with E-state index in [1.54, 1.807) is 6.92 Å². The van der Waals surface area contributed by atoms with Gasteiger partial charge >= 0.3 is 6.18 Å². The van der Waals surface area contributed by atoms with Crippen LogP contribution in [0.15, 0.2) is 10.2 Å². The summed E-state index contributed by atoms with van der Waals surface area (Å²) in [6, 6.07) is 0. The first kappa shape index (κ1) is 12.4. The molecule has 0 spiro atoms. The third-order valence-electron chi connectivity index (χ3n) is 1.48. The molecule has 1 unspecified atom stereocenters. The molecule has 0 aromatic rings. The van der Waals surface area contributed by atoms with Gasteiger partial charge in [0, 0.05) is 9.45 Å². The molecule has 9 heteroatoms. The predicted octanol–water partition coefficient (Wildman–Crippen LogP) is 1.49. The quantitative estimate of drug-likeness (QED) is 0.755. The zero-order valence-electron chi connectivity index (χ0n) is 7.58. The van der Waals surface area contributed by atoms with Crippen molar-refractivity contribution in [2.24, 2.45) is 10.2 Å². The third kappa shape index (κ3) is 2.65. The zero-order valence-corrected chi connectivity index (χ0v) is 9.21. The molecule has 1 rings (SSSR count). The number of hydrogen-bond acceptors (Lipinski definition) is 4. The van der Waals surface area contributed by atoms with Gasteiger partial charge in [0.2, 0.25) is 5.04 Å². The highest BCUT2D eigenvalue weighted by atomic mass is 32.9. The Labute approximate surface area is 87.0 Å². The van der Waals surface area contributed by atoms with Gasteiger partial charge < -0.3 is 0 Å². The summed E-state index contributed by atoms with van der Waals surface area (Å²) in [6.45, 7) is 1.73. The second-order valence-electron chi connectivity index (χ2n) is 2.62. The van der Waals surface area contributed by atoms with Crippen molar-refractivity contribution in [1.29, 1.82) is 0 Å². The Morgan fingerprint density at radius 1 is 1.33 bits per heavy atom. The van der Waals surface area contributed by atoms with Gasteiger partial charge in [0.15, 0.2) is 0 Å². The summed E-state index contributed by atoms with van der Waals surface area (Å²) in [4.78, 5) is 0. The van der Waals surface area contributed by atoms with Crippen LogP contribution in [-0.2, 0) is 18.7 Å². The molecule has 86 valence electrons. The Kier molecular flexibility index (Phi) is 3.66. The van der Waals surface area contributed by atoms with E-state index in [1.165, 1.54) is 0 Å². The molecule has 4 nitrogen and oxygen atoms in total. The summed E-state index contributed by atoms with van der Waals surface area (Å²) < 4.78 is 58.3. The summed E-state index contributed by atoms with van der Waals surface area (Å²) in [5.74, 6) is 0. The minimum absolute atomic E-state index is 0.0156. The van der Waals surface area contributed by atoms with Gasteiger partial charge in [0.05, 0.1) is 0 Å². The van der Waals surface area contributed by atoms with Crippen LogP contribution in [-0.4, -0.2) is 24.7 Å². The van der Waals surface area contributed by atoms with Crippen molar-refractivity contribution in [1.82, 2.24) is 0 Å². The minimum atomic E-state index is -4.73. The first-order valence-corrected chi connectivity index (χ1v) is 6.75. The molecule has 0 aromatic carbocycles. The van der Waals surface area contributed by atoms with E-state index in [2.05, 4.69) is 10.2 Å². The van der Waals surface area contributed by atoms with Crippen molar-refractivity contribution >= 4 is 28.8 Å². The molecule has 15 heavy (non-hydrogen) atoms. The molecule has 0 amide bonds. The minimum Gasteiger partial charge on any atom is -0.177 e. The van der Waals surface area contributed by atoms with E-state index >= 15 is 0 Å². The number of hydrogen-bond donors (Lipinski definition) is 0. The normalized spacial score (nSPS) is 21.2. The van der Waals surface area contributed by atoms with Crippen LogP contribution in [0.2, 0.25) is 0 Å². The lowest BCUT2D eigenvalue weighted by atomic mass is 10.4. The number of alkyl halides is 3. The summed E-state index contributed by atoms with van der Waals surface area (Å²) in [5.41, 5.74) is 0. The van der Waals surface area contributed by atoms with Crippen LogP contribution in [0.4, 0.5) is 13.2 Å². The SMILES string of the molecule is CCCC1=NN=C(C(F)(F)F)S1=S(=O)=O. The highest BCUT2D eigenvalue weighted by Gasteiger charge is 2.43. The summed E-state index contributed by atoms with van der Waals surface area (Å²) >= 11 is 0. The van der Waals surface area contributed by atoms with Gasteiger partial charge in [0.1, 0.15) is 5.04 Å². The van der Waals surface area contributed by atoms with Gasteiger partial charge in [-0.25, -0.2) is 0 Å². The lowest BCUT2D eigenvalue weighted by Gasteiger charge is -2.05. The average molecular weight is 260 g/mol. The van der Waals surface area contributed by atoms with E-state index < -0.39 is 29.9 Å². The van der Waals surface area contributed by atoms with Gasteiger partial charge in [0.25, 0.3) is 9.26 Å². The van der Waals surface area contributed by atoms with Crippen molar-refractivity contribution in [3.8, 4) is 0 Å². The van der Waals surface area contributed by atoms with Crippen LogP contribution >= 0.6 is 0 Å². The molecule has 0 bridgehead atoms. The molecule has 0 aliphatic carbocycles. The van der Waals surface area contributed by atoms with Crippen molar-refractivity contribution < 1.29 is 21.6 Å². The third-order valence-corrected chi connectivity index (χ3v) is 5.00. The fraction of sp³-hybridized carbons (Fsp3) is 0.667. The lowest BCUT2D eigenvalue weighted by Crippen LogP contribution is -2.28. The van der Waals surface area contributed by atoms with Crippen LogP contribution in [0.5, 0.6) is 0 Å². The molecule has 0 saturated heterocycles. The Bertz CT molecular complexity index is 453. The fourth-order valence-corrected chi connectivity index (χ4v) is 3.88. The lowest BCUT2D eigenvalue weighted by molar-refractivity contribution is -0.0555. The van der Waals surface area contributed by atoms with Gasteiger partial charge in [-0.1, -0.05) is 6.92 Å². The standard InChI is InChI=1S/C6H7F3N2O2S2/c1-2-3-4-10-11-5(6(7,8)9)14(4)15(12)13/h2-3H2,1H3. The topological polar surface area (TPSA) is 58.9 Å². The monoisotopic (exact) mass is 260 g/mol.